The number of benzene rings is 3. The highest BCUT2D eigenvalue weighted by Gasteiger charge is 2.09. The summed E-state index contributed by atoms with van der Waals surface area (Å²) in [5, 5.41) is 0. The molecular formula is C25H21N. The van der Waals surface area contributed by atoms with Crippen molar-refractivity contribution in [2.45, 2.75) is 13.8 Å². The Morgan fingerprint density at radius 1 is 0.577 bits per heavy atom. The molecule has 0 saturated heterocycles. The van der Waals surface area contributed by atoms with Gasteiger partial charge in [0.2, 0.25) is 0 Å². The highest BCUT2D eigenvalue weighted by molar-refractivity contribution is 5.76. The van der Waals surface area contributed by atoms with Crippen molar-refractivity contribution < 1.29 is 1.37 Å². The van der Waals surface area contributed by atoms with Crippen LogP contribution in [0.1, 0.15) is 12.5 Å². The minimum absolute atomic E-state index is 0.539. The maximum Gasteiger partial charge on any atom is 0.0715 e. The summed E-state index contributed by atoms with van der Waals surface area (Å²) in [5.74, 6) is 0. The van der Waals surface area contributed by atoms with E-state index < -0.39 is 0 Å². The fraction of sp³-hybridized carbons (Fsp3) is 0.0800. The number of nitrogens with zero attached hydrogens (tertiary/aromatic N) is 1. The molecule has 1 aromatic heterocycles. The summed E-state index contributed by atoms with van der Waals surface area (Å²) in [4.78, 5) is 4.92. The molecule has 0 N–H and O–H groups in total. The highest BCUT2D eigenvalue weighted by Crippen LogP contribution is 2.30. The molecule has 0 fully saturated rings. The number of aryl methyl sites for hydroxylation is 2. The molecule has 1 heteroatoms. The van der Waals surface area contributed by atoms with Gasteiger partial charge in [-0.1, -0.05) is 77.9 Å². The molecule has 0 spiro atoms. The van der Waals surface area contributed by atoms with Gasteiger partial charge >= 0.3 is 0 Å². The molecule has 0 aliphatic rings. The lowest BCUT2D eigenvalue weighted by molar-refractivity contribution is 1.30. The zero-order chi connectivity index (χ0) is 18.8. The summed E-state index contributed by atoms with van der Waals surface area (Å²) in [6.07, 6.45) is 0. The van der Waals surface area contributed by atoms with Gasteiger partial charge in [0.25, 0.3) is 0 Å². The fourth-order valence-corrected chi connectivity index (χ4v) is 3.26. The summed E-state index contributed by atoms with van der Waals surface area (Å²) in [5.41, 5.74) is 8.09. The van der Waals surface area contributed by atoms with E-state index in [2.05, 4.69) is 49.4 Å². The van der Waals surface area contributed by atoms with Gasteiger partial charge in [0.15, 0.2) is 0 Å². The number of hydrogen-bond acceptors (Lipinski definition) is 1. The Kier molecular flexibility index (Phi) is 4.05. The molecule has 0 aliphatic heterocycles. The quantitative estimate of drug-likeness (QED) is 0.405. The van der Waals surface area contributed by atoms with Crippen molar-refractivity contribution in [1.29, 1.82) is 0 Å². The van der Waals surface area contributed by atoms with E-state index in [9.17, 15) is 0 Å². The van der Waals surface area contributed by atoms with Gasteiger partial charge < -0.3 is 0 Å². The first kappa shape index (κ1) is 15.1. The molecule has 0 amide bonds. The summed E-state index contributed by atoms with van der Waals surface area (Å²) in [7, 11) is 0. The lowest BCUT2D eigenvalue weighted by Gasteiger charge is -2.11. The molecule has 1 heterocycles. The smallest absolute Gasteiger partial charge is 0.0715 e. The number of pyridine rings is 1. The van der Waals surface area contributed by atoms with Gasteiger partial charge in [-0.15, -0.1) is 0 Å². The predicted molar refractivity (Wildman–Crippen MR) is 110 cm³/mol. The van der Waals surface area contributed by atoms with Gasteiger partial charge in [0.1, 0.15) is 0 Å². The molecule has 0 aliphatic carbocycles. The van der Waals surface area contributed by atoms with Crippen LogP contribution in [0.25, 0.3) is 33.6 Å². The molecule has 3 aromatic carbocycles. The van der Waals surface area contributed by atoms with Crippen molar-refractivity contribution in [1.82, 2.24) is 4.98 Å². The third kappa shape index (κ3) is 3.43. The van der Waals surface area contributed by atoms with Crippen molar-refractivity contribution in [2.24, 2.45) is 0 Å². The zero-order valence-electron chi connectivity index (χ0n) is 16.0. The van der Waals surface area contributed by atoms with Crippen LogP contribution in [0.15, 0.2) is 91.0 Å². The van der Waals surface area contributed by atoms with Crippen LogP contribution in [0.2, 0.25) is 0 Å². The van der Waals surface area contributed by atoms with E-state index in [1.165, 1.54) is 0 Å². The number of aromatic nitrogens is 1. The van der Waals surface area contributed by atoms with E-state index in [-0.39, 0.29) is 0 Å². The van der Waals surface area contributed by atoms with Crippen LogP contribution in [-0.4, -0.2) is 4.98 Å². The van der Waals surface area contributed by atoms with Crippen LogP contribution in [0, 0.1) is 13.8 Å². The Morgan fingerprint density at radius 3 is 1.81 bits per heavy atom. The summed E-state index contributed by atoms with van der Waals surface area (Å²) >= 11 is 0. The van der Waals surface area contributed by atoms with E-state index in [4.69, 9.17) is 6.35 Å². The second kappa shape index (κ2) is 6.97. The maximum absolute atomic E-state index is 8.54. The van der Waals surface area contributed by atoms with Crippen molar-refractivity contribution >= 4 is 0 Å². The van der Waals surface area contributed by atoms with Gasteiger partial charge in [-0.25, -0.2) is 4.98 Å². The van der Waals surface area contributed by atoms with Crippen LogP contribution in [0.5, 0.6) is 0 Å². The van der Waals surface area contributed by atoms with Crippen LogP contribution in [0.4, 0.5) is 0 Å². The average Bonchev–Trinajstić information content (AvgIpc) is 2.71. The molecule has 26 heavy (non-hydrogen) atoms. The first-order valence-corrected chi connectivity index (χ1v) is 8.83. The third-order valence-corrected chi connectivity index (χ3v) is 4.43. The summed E-state index contributed by atoms with van der Waals surface area (Å²) in [6, 6.07) is 29.4. The van der Waals surface area contributed by atoms with E-state index in [1.54, 1.807) is 0 Å². The minimum Gasteiger partial charge on any atom is -0.248 e. The Balaban J connectivity index is 1.97. The Labute approximate surface area is 156 Å². The van der Waals surface area contributed by atoms with Crippen molar-refractivity contribution in [2.75, 3.05) is 0 Å². The number of rotatable bonds is 3. The first-order chi connectivity index (χ1) is 13.1. The molecule has 0 saturated carbocycles. The lowest BCUT2D eigenvalue weighted by atomic mass is 9.98. The molecule has 4 aromatic rings. The van der Waals surface area contributed by atoms with Crippen molar-refractivity contribution in [3.8, 4) is 33.6 Å². The standard InChI is InChI=1S/C25H21N/c1-18-13-19(2)15-23(14-18)25-17-22(20-9-5-3-6-10-20)16-24(26-25)21-11-7-4-8-12-21/h3-17H,1-2H3/i14T. The van der Waals surface area contributed by atoms with Gasteiger partial charge in [0.05, 0.1) is 12.8 Å². The van der Waals surface area contributed by atoms with Crippen LogP contribution >= 0.6 is 0 Å². The van der Waals surface area contributed by atoms with E-state index in [0.29, 0.717) is 6.04 Å². The molecular weight excluding hydrogens is 314 g/mol. The SMILES string of the molecule is [3H]c1c(C)cc(C)cc1-c1cc(-c2ccccc2)cc(-c2ccccc2)n1. The summed E-state index contributed by atoms with van der Waals surface area (Å²) < 4.78 is 8.54. The Bertz CT molecular complexity index is 1030. The topological polar surface area (TPSA) is 12.9 Å². The molecule has 0 unspecified atom stereocenters. The molecule has 0 atom stereocenters. The Hall–Kier alpha value is -3.19. The van der Waals surface area contributed by atoms with Crippen molar-refractivity contribution in [3.05, 3.63) is 102 Å². The van der Waals surface area contributed by atoms with Crippen LogP contribution in [-0.2, 0) is 0 Å². The molecule has 1 nitrogen and oxygen atoms in total. The normalized spacial score (nSPS) is 11.2. The number of hydrogen-bond donors (Lipinski definition) is 0. The second-order valence-electron chi connectivity index (χ2n) is 6.61. The minimum atomic E-state index is 0.539. The zero-order valence-corrected chi connectivity index (χ0v) is 15.0. The van der Waals surface area contributed by atoms with Gasteiger partial charge in [-0.2, -0.15) is 0 Å². The van der Waals surface area contributed by atoms with E-state index >= 15 is 0 Å². The highest BCUT2D eigenvalue weighted by atomic mass is 14.7. The van der Waals surface area contributed by atoms with Gasteiger partial charge in [-0.3, -0.25) is 0 Å². The van der Waals surface area contributed by atoms with E-state index in [1.807, 2.05) is 49.4 Å². The third-order valence-electron chi connectivity index (χ3n) is 4.43. The molecule has 126 valence electrons. The molecule has 0 radical (unpaired) electrons. The van der Waals surface area contributed by atoms with Gasteiger partial charge in [0, 0.05) is 11.1 Å². The largest absolute Gasteiger partial charge is 0.248 e. The Morgan fingerprint density at radius 2 is 1.15 bits per heavy atom. The van der Waals surface area contributed by atoms with Crippen LogP contribution in [0.3, 0.4) is 0 Å². The fourth-order valence-electron chi connectivity index (χ4n) is 3.26. The molecule has 0 bridgehead atoms. The lowest BCUT2D eigenvalue weighted by Crippen LogP contribution is -1.92. The maximum atomic E-state index is 8.54. The van der Waals surface area contributed by atoms with Crippen molar-refractivity contribution in [3.63, 3.8) is 0 Å². The summed E-state index contributed by atoms with van der Waals surface area (Å²) in [6.45, 7) is 4.05. The second-order valence-corrected chi connectivity index (χ2v) is 6.61. The monoisotopic (exact) mass is 337 g/mol. The predicted octanol–water partition coefficient (Wildman–Crippen LogP) is 6.70. The average molecular weight is 337 g/mol. The molecule has 4 rings (SSSR count). The van der Waals surface area contributed by atoms with Gasteiger partial charge in [-0.05, 0) is 49.2 Å². The first-order valence-electron chi connectivity index (χ1n) is 9.33. The van der Waals surface area contributed by atoms with Crippen LogP contribution < -0.4 is 0 Å². The van der Waals surface area contributed by atoms with E-state index in [0.717, 1.165) is 44.8 Å².